The smallest absolute Gasteiger partial charge is 0.155 e. The zero-order valence-electron chi connectivity index (χ0n) is 15.5. The van der Waals surface area contributed by atoms with Gasteiger partial charge in [-0.15, -0.1) is 10.2 Å². The molecule has 0 N–H and O–H groups in total. The molecule has 0 spiro atoms. The van der Waals surface area contributed by atoms with Crippen LogP contribution in [0.5, 0.6) is 0 Å². The summed E-state index contributed by atoms with van der Waals surface area (Å²) in [6.07, 6.45) is 7.66. The van der Waals surface area contributed by atoms with Crippen LogP contribution < -0.4 is 4.90 Å². The van der Waals surface area contributed by atoms with Crippen LogP contribution in [0.3, 0.4) is 0 Å². The summed E-state index contributed by atoms with van der Waals surface area (Å²) >= 11 is 0. The average Bonchev–Trinajstić information content (AvgIpc) is 3.29. The van der Waals surface area contributed by atoms with E-state index >= 15 is 0 Å². The van der Waals surface area contributed by atoms with E-state index < -0.39 is 0 Å². The van der Waals surface area contributed by atoms with E-state index in [-0.39, 0.29) is 0 Å². The maximum atomic E-state index is 9.07. The molecule has 0 radical (unpaired) electrons. The molecule has 28 heavy (non-hydrogen) atoms. The Kier molecular flexibility index (Phi) is 4.24. The molecule has 0 unspecified atom stereocenters. The lowest BCUT2D eigenvalue weighted by Gasteiger charge is -2.32. The molecule has 2 fully saturated rings. The van der Waals surface area contributed by atoms with E-state index in [0.29, 0.717) is 24.2 Å². The summed E-state index contributed by atoms with van der Waals surface area (Å²) in [6, 6.07) is 8.25. The molecule has 1 aliphatic heterocycles. The largest absolute Gasteiger partial charge is 0.357 e. The van der Waals surface area contributed by atoms with Crippen LogP contribution in [0.25, 0.3) is 0 Å². The first-order valence-corrected chi connectivity index (χ1v) is 9.70. The maximum Gasteiger partial charge on any atom is 0.155 e. The molecule has 2 aliphatic rings. The molecule has 1 aliphatic carbocycles. The van der Waals surface area contributed by atoms with Gasteiger partial charge >= 0.3 is 0 Å². The van der Waals surface area contributed by atoms with Crippen LogP contribution >= 0.6 is 0 Å². The second-order valence-electron chi connectivity index (χ2n) is 7.42. The number of hydrogen-bond donors (Lipinski definition) is 0. The van der Waals surface area contributed by atoms with Crippen LogP contribution in [0, 0.1) is 11.3 Å². The van der Waals surface area contributed by atoms with Crippen LogP contribution in [0.2, 0.25) is 0 Å². The first-order valence-electron chi connectivity index (χ1n) is 9.70. The summed E-state index contributed by atoms with van der Waals surface area (Å²) in [6.45, 7) is 2.41. The van der Waals surface area contributed by atoms with E-state index in [1.165, 1.54) is 12.8 Å². The lowest BCUT2D eigenvalue weighted by molar-refractivity contribution is 0.458. The Morgan fingerprint density at radius 3 is 2.68 bits per heavy atom. The van der Waals surface area contributed by atoms with Gasteiger partial charge in [0.2, 0.25) is 0 Å². The highest BCUT2D eigenvalue weighted by atomic mass is 15.4. The minimum Gasteiger partial charge on any atom is -0.357 e. The van der Waals surface area contributed by atoms with Gasteiger partial charge in [0.25, 0.3) is 0 Å². The number of rotatable bonds is 5. The van der Waals surface area contributed by atoms with Gasteiger partial charge in [0.05, 0.1) is 0 Å². The predicted molar refractivity (Wildman–Crippen MR) is 101 cm³/mol. The summed E-state index contributed by atoms with van der Waals surface area (Å²) in [5.41, 5.74) is 0.464. The molecule has 0 aromatic carbocycles. The molecule has 0 bridgehead atoms. The van der Waals surface area contributed by atoms with Gasteiger partial charge in [-0.1, -0.05) is 6.07 Å². The molecular formula is C19H21N9. The molecule has 9 heteroatoms. The number of aromatic nitrogens is 7. The summed E-state index contributed by atoms with van der Waals surface area (Å²) < 4.78 is 4.14. The second-order valence-corrected chi connectivity index (χ2v) is 7.42. The van der Waals surface area contributed by atoms with E-state index in [1.54, 1.807) is 23.4 Å². The molecule has 3 aromatic rings. The van der Waals surface area contributed by atoms with Crippen molar-refractivity contribution < 1.29 is 0 Å². The Hall–Kier alpha value is -3.28. The van der Waals surface area contributed by atoms with Gasteiger partial charge in [-0.2, -0.15) is 10.4 Å². The van der Waals surface area contributed by atoms with Crippen molar-refractivity contribution in [1.82, 2.24) is 34.5 Å². The van der Waals surface area contributed by atoms with Crippen molar-refractivity contribution in [3.63, 3.8) is 0 Å². The van der Waals surface area contributed by atoms with Gasteiger partial charge in [-0.25, -0.2) is 14.6 Å². The van der Waals surface area contributed by atoms with E-state index in [2.05, 4.69) is 40.8 Å². The van der Waals surface area contributed by atoms with E-state index in [9.17, 15) is 0 Å². The minimum absolute atomic E-state index is 0.396. The van der Waals surface area contributed by atoms with E-state index in [4.69, 9.17) is 5.26 Å². The third-order valence-electron chi connectivity index (χ3n) is 5.51. The number of nitrogens with zero attached hydrogens (tertiary/aromatic N) is 9. The Labute approximate surface area is 162 Å². The zero-order valence-corrected chi connectivity index (χ0v) is 15.5. The topological polar surface area (TPSA) is 101 Å². The monoisotopic (exact) mass is 375 g/mol. The fourth-order valence-corrected chi connectivity index (χ4v) is 3.94. The van der Waals surface area contributed by atoms with Gasteiger partial charge in [-0.05, 0) is 37.8 Å². The molecule has 1 saturated heterocycles. The van der Waals surface area contributed by atoms with Crippen molar-refractivity contribution >= 4 is 5.82 Å². The van der Waals surface area contributed by atoms with Gasteiger partial charge in [0, 0.05) is 25.0 Å². The van der Waals surface area contributed by atoms with Crippen molar-refractivity contribution in [2.24, 2.45) is 0 Å². The predicted octanol–water partition coefficient (Wildman–Crippen LogP) is 1.90. The normalized spacial score (nSPS) is 17.6. The lowest BCUT2D eigenvalue weighted by Crippen LogP contribution is -2.34. The molecule has 4 heterocycles. The number of anilines is 1. The first kappa shape index (κ1) is 16.9. The molecule has 0 atom stereocenters. The van der Waals surface area contributed by atoms with Gasteiger partial charge in [0.1, 0.15) is 42.6 Å². The third-order valence-corrected chi connectivity index (χ3v) is 5.51. The van der Waals surface area contributed by atoms with Crippen LogP contribution in [0.4, 0.5) is 5.82 Å². The van der Waals surface area contributed by atoms with Crippen LogP contribution in [0.15, 0.2) is 30.9 Å². The molecular weight excluding hydrogens is 354 g/mol. The molecule has 3 aromatic heterocycles. The van der Waals surface area contributed by atoms with Gasteiger partial charge in [0.15, 0.2) is 5.82 Å². The van der Waals surface area contributed by atoms with Gasteiger partial charge in [-0.3, -0.25) is 0 Å². The summed E-state index contributed by atoms with van der Waals surface area (Å²) in [5, 5.41) is 22.3. The maximum absolute atomic E-state index is 9.07. The van der Waals surface area contributed by atoms with Crippen LogP contribution in [0.1, 0.15) is 55.0 Å². The molecule has 1 saturated carbocycles. The second kappa shape index (κ2) is 7.03. The summed E-state index contributed by atoms with van der Waals surface area (Å²) in [5.74, 6) is 3.35. The van der Waals surface area contributed by atoms with E-state index in [1.807, 2.05) is 12.1 Å². The van der Waals surface area contributed by atoms with Crippen molar-refractivity contribution in [1.29, 1.82) is 5.26 Å². The third kappa shape index (κ3) is 3.22. The highest BCUT2D eigenvalue weighted by Gasteiger charge is 2.33. The Morgan fingerprint density at radius 1 is 1.11 bits per heavy atom. The fourth-order valence-electron chi connectivity index (χ4n) is 3.94. The molecule has 142 valence electrons. The van der Waals surface area contributed by atoms with Crippen molar-refractivity contribution in [2.75, 3.05) is 18.0 Å². The molecule has 9 nitrogen and oxygen atoms in total. The fraction of sp³-hybridized carbons (Fsp3) is 0.474. The average molecular weight is 375 g/mol. The van der Waals surface area contributed by atoms with Crippen LogP contribution in [-0.4, -0.2) is 47.6 Å². The van der Waals surface area contributed by atoms with Gasteiger partial charge < -0.3 is 9.47 Å². The summed E-state index contributed by atoms with van der Waals surface area (Å²) in [7, 11) is 0. The standard InChI is InChI=1S/C19H21N9/c20-10-15-2-1-3-17(23-15)26-8-6-14(7-9-26)19-25-24-18(28(19)16-4-5-16)11-27-13-21-12-22-27/h1-3,12-14,16H,4-9,11H2. The number of nitriles is 1. The van der Waals surface area contributed by atoms with Crippen molar-refractivity contribution in [3.8, 4) is 6.07 Å². The molecule has 5 rings (SSSR count). The lowest BCUT2D eigenvalue weighted by atomic mass is 9.95. The zero-order chi connectivity index (χ0) is 18.9. The number of hydrogen-bond acceptors (Lipinski definition) is 7. The highest BCUT2D eigenvalue weighted by Crippen LogP contribution is 2.40. The number of piperidine rings is 1. The Bertz CT molecular complexity index is 989. The van der Waals surface area contributed by atoms with Crippen molar-refractivity contribution in [3.05, 3.63) is 48.2 Å². The first-order chi connectivity index (χ1) is 13.8. The van der Waals surface area contributed by atoms with E-state index in [0.717, 1.165) is 43.4 Å². The SMILES string of the molecule is N#Cc1cccc(N2CCC(c3nnc(Cn4cncn4)n3C3CC3)CC2)n1. The Balaban J connectivity index is 1.32. The Morgan fingerprint density at radius 2 is 1.96 bits per heavy atom. The number of pyridine rings is 1. The van der Waals surface area contributed by atoms with Crippen molar-refractivity contribution in [2.45, 2.75) is 44.2 Å². The highest BCUT2D eigenvalue weighted by molar-refractivity contribution is 5.42. The molecule has 0 amide bonds. The quantitative estimate of drug-likeness (QED) is 0.671. The summed E-state index contributed by atoms with van der Waals surface area (Å²) in [4.78, 5) is 10.7. The van der Waals surface area contributed by atoms with Crippen LogP contribution in [-0.2, 0) is 6.54 Å². The minimum atomic E-state index is 0.396.